The minimum Gasteiger partial charge on any atom is -0.370 e. The Balaban J connectivity index is 2.26. The van der Waals surface area contributed by atoms with Crippen molar-refractivity contribution in [1.82, 2.24) is 4.98 Å². The summed E-state index contributed by atoms with van der Waals surface area (Å²) in [6.45, 7) is 2.47. The summed E-state index contributed by atoms with van der Waals surface area (Å²) in [5, 5.41) is 5.64. The standard InChI is InChI=1S/C14H13BrFN3O/c1-2-17-13-12(7-10(16)8-18-13)14(20)19-11-5-3-4-9(15)6-11/h3-8H,2H2,1H3,(H,17,18)(H,19,20). The molecule has 0 unspecified atom stereocenters. The van der Waals surface area contributed by atoms with Gasteiger partial charge in [-0.3, -0.25) is 4.79 Å². The van der Waals surface area contributed by atoms with E-state index in [1.807, 2.05) is 13.0 Å². The minimum absolute atomic E-state index is 0.173. The molecule has 0 aliphatic heterocycles. The van der Waals surface area contributed by atoms with Gasteiger partial charge in [-0.25, -0.2) is 9.37 Å². The van der Waals surface area contributed by atoms with E-state index >= 15 is 0 Å². The van der Waals surface area contributed by atoms with Crippen LogP contribution in [-0.4, -0.2) is 17.4 Å². The fourth-order valence-corrected chi connectivity index (χ4v) is 2.08. The van der Waals surface area contributed by atoms with Gasteiger partial charge in [0, 0.05) is 16.7 Å². The maximum absolute atomic E-state index is 13.3. The molecular weight excluding hydrogens is 325 g/mol. The molecule has 4 nitrogen and oxygen atoms in total. The second-order valence-electron chi connectivity index (χ2n) is 4.04. The van der Waals surface area contributed by atoms with E-state index in [4.69, 9.17) is 0 Å². The third-order valence-electron chi connectivity index (χ3n) is 2.53. The van der Waals surface area contributed by atoms with E-state index in [1.54, 1.807) is 18.2 Å². The van der Waals surface area contributed by atoms with Gasteiger partial charge >= 0.3 is 0 Å². The lowest BCUT2D eigenvalue weighted by molar-refractivity contribution is 0.102. The number of nitrogens with zero attached hydrogens (tertiary/aromatic N) is 1. The second-order valence-corrected chi connectivity index (χ2v) is 4.96. The van der Waals surface area contributed by atoms with Crippen LogP contribution in [0, 0.1) is 5.82 Å². The molecule has 104 valence electrons. The first kappa shape index (κ1) is 14.5. The first-order chi connectivity index (χ1) is 9.60. The van der Waals surface area contributed by atoms with Crippen LogP contribution >= 0.6 is 15.9 Å². The lowest BCUT2D eigenvalue weighted by atomic mass is 10.2. The Labute approximate surface area is 124 Å². The van der Waals surface area contributed by atoms with E-state index in [1.165, 1.54) is 0 Å². The van der Waals surface area contributed by atoms with Gasteiger partial charge in [-0.15, -0.1) is 0 Å². The zero-order valence-electron chi connectivity index (χ0n) is 10.8. The zero-order chi connectivity index (χ0) is 14.5. The van der Waals surface area contributed by atoms with Crippen LogP contribution in [0.3, 0.4) is 0 Å². The van der Waals surface area contributed by atoms with Crippen molar-refractivity contribution in [2.45, 2.75) is 6.92 Å². The molecule has 6 heteroatoms. The lowest BCUT2D eigenvalue weighted by Gasteiger charge is -2.10. The summed E-state index contributed by atoms with van der Waals surface area (Å²) in [5.74, 6) is -0.599. The summed E-state index contributed by atoms with van der Waals surface area (Å²) in [6.07, 6.45) is 1.08. The SMILES string of the molecule is CCNc1ncc(F)cc1C(=O)Nc1cccc(Br)c1. The molecule has 20 heavy (non-hydrogen) atoms. The van der Waals surface area contributed by atoms with Crippen molar-refractivity contribution in [3.05, 3.63) is 52.4 Å². The van der Waals surface area contributed by atoms with Crippen LogP contribution in [-0.2, 0) is 0 Å². The number of benzene rings is 1. The number of hydrogen-bond donors (Lipinski definition) is 2. The maximum atomic E-state index is 13.3. The maximum Gasteiger partial charge on any atom is 0.259 e. The van der Waals surface area contributed by atoms with Gasteiger partial charge in [-0.05, 0) is 31.2 Å². The van der Waals surface area contributed by atoms with Gasteiger partial charge in [-0.1, -0.05) is 22.0 Å². The largest absolute Gasteiger partial charge is 0.370 e. The van der Waals surface area contributed by atoms with Crippen molar-refractivity contribution < 1.29 is 9.18 Å². The van der Waals surface area contributed by atoms with Crippen molar-refractivity contribution >= 4 is 33.3 Å². The molecule has 0 fully saturated rings. The monoisotopic (exact) mass is 337 g/mol. The van der Waals surface area contributed by atoms with Gasteiger partial charge in [0.1, 0.15) is 11.6 Å². The van der Waals surface area contributed by atoms with Gasteiger partial charge in [0.05, 0.1) is 11.8 Å². The van der Waals surface area contributed by atoms with Crippen LogP contribution in [0.25, 0.3) is 0 Å². The number of anilines is 2. The van der Waals surface area contributed by atoms with Crippen molar-refractivity contribution in [2.24, 2.45) is 0 Å². The number of nitrogens with one attached hydrogen (secondary N) is 2. The molecule has 0 saturated carbocycles. The fourth-order valence-electron chi connectivity index (χ4n) is 1.69. The summed E-state index contributed by atoms with van der Waals surface area (Å²) in [7, 11) is 0. The molecule has 1 aromatic heterocycles. The van der Waals surface area contributed by atoms with Crippen LogP contribution in [0.1, 0.15) is 17.3 Å². The van der Waals surface area contributed by atoms with Gasteiger partial charge in [0.25, 0.3) is 5.91 Å². The average Bonchev–Trinajstić information content (AvgIpc) is 2.41. The fraction of sp³-hybridized carbons (Fsp3) is 0.143. The Morgan fingerprint density at radius 3 is 2.90 bits per heavy atom. The first-order valence-electron chi connectivity index (χ1n) is 6.06. The second kappa shape index (κ2) is 6.47. The molecule has 1 heterocycles. The van der Waals surface area contributed by atoms with Crippen LogP contribution < -0.4 is 10.6 Å². The van der Waals surface area contributed by atoms with E-state index in [2.05, 4.69) is 31.5 Å². The zero-order valence-corrected chi connectivity index (χ0v) is 12.4. The first-order valence-corrected chi connectivity index (χ1v) is 6.85. The van der Waals surface area contributed by atoms with Gasteiger partial charge in [-0.2, -0.15) is 0 Å². The summed E-state index contributed by atoms with van der Waals surface area (Å²) < 4.78 is 14.1. The number of amides is 1. The summed E-state index contributed by atoms with van der Waals surface area (Å²) in [5.41, 5.74) is 0.794. The summed E-state index contributed by atoms with van der Waals surface area (Å²) >= 11 is 3.32. The van der Waals surface area contributed by atoms with Gasteiger partial charge in [0.2, 0.25) is 0 Å². The topological polar surface area (TPSA) is 54.0 Å². The predicted molar refractivity (Wildman–Crippen MR) is 80.5 cm³/mol. The molecule has 2 N–H and O–H groups in total. The Morgan fingerprint density at radius 1 is 1.40 bits per heavy atom. The Morgan fingerprint density at radius 2 is 2.20 bits per heavy atom. The minimum atomic E-state index is -0.550. The van der Waals surface area contributed by atoms with E-state index in [0.29, 0.717) is 18.1 Å². The molecule has 2 rings (SSSR count). The predicted octanol–water partition coefficient (Wildman–Crippen LogP) is 3.67. The molecule has 0 radical (unpaired) electrons. The molecule has 1 amide bonds. The number of halogens is 2. The number of aromatic nitrogens is 1. The van der Waals surface area contributed by atoms with E-state index in [9.17, 15) is 9.18 Å². The molecule has 0 spiro atoms. The van der Waals surface area contributed by atoms with Crippen molar-refractivity contribution in [3.63, 3.8) is 0 Å². The van der Waals surface area contributed by atoms with E-state index < -0.39 is 11.7 Å². The Kier molecular flexibility index (Phi) is 4.68. The van der Waals surface area contributed by atoms with Crippen molar-refractivity contribution in [3.8, 4) is 0 Å². The molecule has 1 aromatic carbocycles. The highest BCUT2D eigenvalue weighted by atomic mass is 79.9. The molecule has 0 saturated heterocycles. The normalized spacial score (nSPS) is 10.2. The van der Waals surface area contributed by atoms with E-state index in [-0.39, 0.29) is 5.56 Å². The van der Waals surface area contributed by atoms with Gasteiger partial charge < -0.3 is 10.6 Å². The summed E-state index contributed by atoms with van der Waals surface area (Å²) in [6, 6.07) is 8.33. The average molecular weight is 338 g/mol. The molecule has 2 aromatic rings. The molecule has 0 aliphatic rings. The van der Waals surface area contributed by atoms with E-state index in [0.717, 1.165) is 16.7 Å². The highest BCUT2D eigenvalue weighted by molar-refractivity contribution is 9.10. The number of carbonyl (C=O) groups is 1. The highest BCUT2D eigenvalue weighted by Gasteiger charge is 2.14. The molecular formula is C14H13BrFN3O. The Hall–Kier alpha value is -1.95. The quantitative estimate of drug-likeness (QED) is 0.894. The van der Waals surface area contributed by atoms with Crippen LogP contribution in [0.5, 0.6) is 0 Å². The number of hydrogen-bond acceptors (Lipinski definition) is 3. The third-order valence-corrected chi connectivity index (χ3v) is 3.02. The van der Waals surface area contributed by atoms with Crippen molar-refractivity contribution in [2.75, 3.05) is 17.2 Å². The summed E-state index contributed by atoms with van der Waals surface area (Å²) in [4.78, 5) is 16.1. The molecule has 0 bridgehead atoms. The number of pyridine rings is 1. The Bertz CT molecular complexity index is 634. The van der Waals surface area contributed by atoms with Crippen LogP contribution in [0.2, 0.25) is 0 Å². The van der Waals surface area contributed by atoms with Crippen molar-refractivity contribution in [1.29, 1.82) is 0 Å². The highest BCUT2D eigenvalue weighted by Crippen LogP contribution is 2.19. The third kappa shape index (κ3) is 3.54. The number of rotatable bonds is 4. The van der Waals surface area contributed by atoms with Crippen LogP contribution in [0.15, 0.2) is 41.0 Å². The lowest BCUT2D eigenvalue weighted by Crippen LogP contribution is -2.16. The smallest absolute Gasteiger partial charge is 0.259 e. The van der Waals surface area contributed by atoms with Gasteiger partial charge in [0.15, 0.2) is 0 Å². The molecule has 0 aliphatic carbocycles. The van der Waals surface area contributed by atoms with Crippen LogP contribution in [0.4, 0.5) is 15.9 Å². The molecule has 0 atom stereocenters. The number of carbonyl (C=O) groups excluding carboxylic acids is 1.